The van der Waals surface area contributed by atoms with Crippen molar-refractivity contribution >= 4 is 0 Å². The average molecular weight is 237 g/mol. The molecule has 2 aromatic carbocycles. The molecule has 2 rings (SSSR count). The molecule has 2 heteroatoms. The number of benzene rings is 2. The van der Waals surface area contributed by atoms with Crippen molar-refractivity contribution in [3.8, 4) is 17.2 Å². The molecule has 0 bridgehead atoms. The second-order valence-corrected chi connectivity index (χ2v) is 4.28. The molecule has 18 heavy (non-hydrogen) atoms. The minimum absolute atomic E-state index is 0.181. The lowest BCUT2D eigenvalue weighted by Gasteiger charge is -2.07. The zero-order valence-corrected chi connectivity index (χ0v) is 10.1. The number of nitrogens with zero attached hydrogens (tertiary/aromatic N) is 1. The van der Waals surface area contributed by atoms with Gasteiger partial charge in [-0.05, 0) is 23.1 Å². The van der Waals surface area contributed by atoms with Gasteiger partial charge in [0.1, 0.15) is 0 Å². The molecule has 2 nitrogen and oxygen atoms in total. The van der Waals surface area contributed by atoms with E-state index in [2.05, 4.69) is 12.1 Å². The van der Waals surface area contributed by atoms with Crippen LogP contribution in [0.4, 0.5) is 0 Å². The van der Waals surface area contributed by atoms with Crippen molar-refractivity contribution in [2.75, 3.05) is 0 Å². The highest BCUT2D eigenvalue weighted by atomic mass is 16.3. The number of hydrogen-bond donors (Lipinski definition) is 1. The van der Waals surface area contributed by atoms with Gasteiger partial charge in [0.15, 0.2) is 0 Å². The highest BCUT2D eigenvalue weighted by Crippen LogP contribution is 2.19. The summed E-state index contributed by atoms with van der Waals surface area (Å²) in [5, 5.41) is 18.1. The summed E-state index contributed by atoms with van der Waals surface area (Å²) in [4.78, 5) is 0. The van der Waals surface area contributed by atoms with Gasteiger partial charge >= 0.3 is 0 Å². The molecule has 0 saturated heterocycles. The molecule has 0 spiro atoms. The smallest absolute Gasteiger partial charge is 0.0710 e. The summed E-state index contributed by atoms with van der Waals surface area (Å²) >= 11 is 0. The fourth-order valence-corrected chi connectivity index (χ4v) is 1.91. The summed E-state index contributed by atoms with van der Waals surface area (Å²) in [5.74, 6) is 0. The van der Waals surface area contributed by atoms with E-state index < -0.39 is 6.10 Å². The van der Waals surface area contributed by atoms with Crippen molar-refractivity contribution < 1.29 is 5.11 Å². The average Bonchev–Trinajstić information content (AvgIpc) is 2.41. The maximum atomic E-state index is 9.57. The summed E-state index contributed by atoms with van der Waals surface area (Å²) in [6.45, 7) is 0. The van der Waals surface area contributed by atoms with Crippen LogP contribution in [0, 0.1) is 11.3 Å². The normalized spacial score (nSPS) is 11.8. The van der Waals surface area contributed by atoms with Crippen LogP contribution in [-0.4, -0.2) is 11.2 Å². The summed E-state index contributed by atoms with van der Waals surface area (Å²) in [6.07, 6.45) is 0.140. The van der Waals surface area contributed by atoms with E-state index in [0.29, 0.717) is 6.42 Å². The first kappa shape index (κ1) is 12.3. The fraction of sp³-hybridized carbons (Fsp3) is 0.188. The van der Waals surface area contributed by atoms with E-state index in [1.807, 2.05) is 48.5 Å². The van der Waals surface area contributed by atoms with Gasteiger partial charge in [0.25, 0.3) is 0 Å². The van der Waals surface area contributed by atoms with E-state index in [1.54, 1.807) is 0 Å². The second kappa shape index (κ2) is 6.00. The first-order valence-electron chi connectivity index (χ1n) is 5.99. The molecule has 2 aromatic rings. The van der Waals surface area contributed by atoms with Crippen LogP contribution in [0.15, 0.2) is 54.6 Å². The molecule has 90 valence electrons. The largest absolute Gasteiger partial charge is 0.392 e. The number of aliphatic hydroxyl groups excluding tert-OH is 1. The quantitative estimate of drug-likeness (QED) is 0.887. The highest BCUT2D eigenvalue weighted by Gasteiger charge is 2.05. The number of rotatable bonds is 4. The Morgan fingerprint density at radius 2 is 1.56 bits per heavy atom. The standard InChI is InChI=1S/C16H15NO/c17-11-10-16(18)12-13-6-8-15(9-7-13)14-4-2-1-3-5-14/h1-9,16,18H,10,12H2. The van der Waals surface area contributed by atoms with E-state index >= 15 is 0 Å². The third kappa shape index (κ3) is 3.19. The van der Waals surface area contributed by atoms with Crippen LogP contribution >= 0.6 is 0 Å². The van der Waals surface area contributed by atoms with Gasteiger partial charge in [-0.25, -0.2) is 0 Å². The van der Waals surface area contributed by atoms with Gasteiger partial charge in [-0.2, -0.15) is 5.26 Å². The van der Waals surface area contributed by atoms with Crippen LogP contribution in [0.25, 0.3) is 11.1 Å². The molecule has 1 N–H and O–H groups in total. The Kier molecular flexibility index (Phi) is 4.11. The molecule has 0 saturated carbocycles. The van der Waals surface area contributed by atoms with Crippen molar-refractivity contribution in [3.63, 3.8) is 0 Å². The summed E-state index contributed by atoms with van der Waals surface area (Å²) in [5.41, 5.74) is 3.40. The number of aliphatic hydroxyl groups is 1. The Labute approximate surface area is 107 Å². The van der Waals surface area contributed by atoms with Gasteiger partial charge in [0.2, 0.25) is 0 Å². The molecule has 0 fully saturated rings. The molecule has 0 aliphatic heterocycles. The molecule has 0 aliphatic carbocycles. The van der Waals surface area contributed by atoms with Gasteiger partial charge in [-0.15, -0.1) is 0 Å². The van der Waals surface area contributed by atoms with Crippen molar-refractivity contribution in [2.24, 2.45) is 0 Å². The Hall–Kier alpha value is -2.11. The van der Waals surface area contributed by atoms with E-state index in [9.17, 15) is 5.11 Å². The molecule has 0 amide bonds. The third-order valence-electron chi connectivity index (χ3n) is 2.86. The summed E-state index contributed by atoms with van der Waals surface area (Å²) in [6, 6.07) is 20.2. The van der Waals surface area contributed by atoms with Crippen molar-refractivity contribution in [1.82, 2.24) is 0 Å². The van der Waals surface area contributed by atoms with Gasteiger partial charge in [-0.1, -0.05) is 54.6 Å². The van der Waals surface area contributed by atoms with Crippen LogP contribution < -0.4 is 0 Å². The van der Waals surface area contributed by atoms with Crippen molar-refractivity contribution in [1.29, 1.82) is 5.26 Å². The van der Waals surface area contributed by atoms with E-state index in [-0.39, 0.29) is 6.42 Å². The lowest BCUT2D eigenvalue weighted by molar-refractivity contribution is 0.180. The molecule has 0 radical (unpaired) electrons. The monoisotopic (exact) mass is 237 g/mol. The minimum atomic E-state index is -0.572. The third-order valence-corrected chi connectivity index (χ3v) is 2.86. The van der Waals surface area contributed by atoms with Gasteiger partial charge in [-0.3, -0.25) is 0 Å². The topological polar surface area (TPSA) is 44.0 Å². The SMILES string of the molecule is N#CCC(O)Cc1ccc(-c2ccccc2)cc1. The highest BCUT2D eigenvalue weighted by molar-refractivity contribution is 5.63. The van der Waals surface area contributed by atoms with Crippen LogP contribution in [0.3, 0.4) is 0 Å². The molecule has 0 heterocycles. The van der Waals surface area contributed by atoms with E-state index in [1.165, 1.54) is 5.56 Å². The second-order valence-electron chi connectivity index (χ2n) is 4.28. The van der Waals surface area contributed by atoms with Crippen molar-refractivity contribution in [3.05, 3.63) is 60.2 Å². The Bertz CT molecular complexity index is 525. The Morgan fingerprint density at radius 3 is 2.17 bits per heavy atom. The van der Waals surface area contributed by atoms with E-state index in [4.69, 9.17) is 5.26 Å². The predicted octanol–water partition coefficient (Wildman–Crippen LogP) is 3.17. The molecular formula is C16H15NO. The van der Waals surface area contributed by atoms with Crippen molar-refractivity contribution in [2.45, 2.75) is 18.9 Å². The minimum Gasteiger partial charge on any atom is -0.392 e. The van der Waals surface area contributed by atoms with Crippen LogP contribution in [0.1, 0.15) is 12.0 Å². The molecule has 0 aliphatic rings. The number of nitriles is 1. The van der Waals surface area contributed by atoms with E-state index in [0.717, 1.165) is 11.1 Å². The molecule has 1 atom stereocenters. The molecule has 1 unspecified atom stereocenters. The zero-order chi connectivity index (χ0) is 12.8. The lowest BCUT2D eigenvalue weighted by Crippen LogP contribution is -2.08. The maximum absolute atomic E-state index is 9.57. The zero-order valence-electron chi connectivity index (χ0n) is 10.1. The molecule has 0 aromatic heterocycles. The van der Waals surface area contributed by atoms with Gasteiger partial charge in [0, 0.05) is 0 Å². The van der Waals surface area contributed by atoms with Gasteiger partial charge < -0.3 is 5.11 Å². The predicted molar refractivity (Wildman–Crippen MR) is 71.8 cm³/mol. The van der Waals surface area contributed by atoms with Crippen LogP contribution in [0.5, 0.6) is 0 Å². The first-order valence-corrected chi connectivity index (χ1v) is 5.99. The van der Waals surface area contributed by atoms with Crippen LogP contribution in [-0.2, 0) is 6.42 Å². The number of hydrogen-bond acceptors (Lipinski definition) is 2. The summed E-state index contributed by atoms with van der Waals surface area (Å²) < 4.78 is 0. The fourth-order valence-electron chi connectivity index (χ4n) is 1.91. The first-order chi connectivity index (χ1) is 8.79. The van der Waals surface area contributed by atoms with Crippen LogP contribution in [0.2, 0.25) is 0 Å². The lowest BCUT2D eigenvalue weighted by atomic mass is 10.0. The summed E-state index contributed by atoms with van der Waals surface area (Å²) in [7, 11) is 0. The van der Waals surface area contributed by atoms with Gasteiger partial charge in [0.05, 0.1) is 18.6 Å². The Balaban J connectivity index is 2.09. The molecular weight excluding hydrogens is 222 g/mol. The maximum Gasteiger partial charge on any atom is 0.0710 e. The Morgan fingerprint density at radius 1 is 0.944 bits per heavy atom.